The second-order valence-corrected chi connectivity index (χ2v) is 3.84. The highest BCUT2D eigenvalue weighted by Gasteiger charge is 2.06. The monoisotopic (exact) mass is 225 g/mol. The molecule has 3 rings (SSSR count). The van der Waals surface area contributed by atoms with E-state index in [0.29, 0.717) is 5.69 Å². The van der Waals surface area contributed by atoms with Crippen LogP contribution >= 0.6 is 0 Å². The van der Waals surface area contributed by atoms with Crippen molar-refractivity contribution in [1.82, 2.24) is 19.7 Å². The number of aryl methyl sites for hydroxylation is 1. The zero-order valence-corrected chi connectivity index (χ0v) is 9.33. The summed E-state index contributed by atoms with van der Waals surface area (Å²) >= 11 is 0. The second-order valence-electron chi connectivity index (χ2n) is 3.84. The van der Waals surface area contributed by atoms with E-state index in [0.717, 1.165) is 22.5 Å². The van der Waals surface area contributed by atoms with E-state index in [2.05, 4.69) is 15.1 Å². The molecule has 0 bridgehead atoms. The van der Waals surface area contributed by atoms with Crippen molar-refractivity contribution in [3.63, 3.8) is 0 Å². The van der Waals surface area contributed by atoms with E-state index in [4.69, 9.17) is 5.73 Å². The number of aromatic nitrogens is 4. The largest absolute Gasteiger partial charge is 0.399 e. The Morgan fingerprint density at radius 3 is 2.94 bits per heavy atom. The van der Waals surface area contributed by atoms with E-state index in [-0.39, 0.29) is 0 Å². The van der Waals surface area contributed by atoms with Crippen LogP contribution in [0.3, 0.4) is 0 Å². The lowest BCUT2D eigenvalue weighted by Gasteiger charge is -2.03. The summed E-state index contributed by atoms with van der Waals surface area (Å²) in [6.45, 7) is 1.85. The number of benzene rings is 1. The normalized spacial score (nSPS) is 10.9. The Labute approximate surface area is 97.9 Å². The first kappa shape index (κ1) is 9.77. The minimum atomic E-state index is 0.713. The van der Waals surface area contributed by atoms with Crippen LogP contribution in [0.5, 0.6) is 0 Å². The van der Waals surface area contributed by atoms with E-state index in [1.165, 1.54) is 0 Å². The van der Waals surface area contributed by atoms with Crippen molar-refractivity contribution in [2.24, 2.45) is 0 Å². The molecule has 0 unspecified atom stereocenters. The van der Waals surface area contributed by atoms with E-state index in [1.807, 2.05) is 31.2 Å². The highest BCUT2D eigenvalue weighted by atomic mass is 15.3. The van der Waals surface area contributed by atoms with Crippen molar-refractivity contribution in [2.45, 2.75) is 6.92 Å². The quantitative estimate of drug-likeness (QED) is 0.640. The minimum absolute atomic E-state index is 0.713. The fourth-order valence-electron chi connectivity index (χ4n) is 1.78. The summed E-state index contributed by atoms with van der Waals surface area (Å²) in [7, 11) is 0. The number of nitrogens with two attached hydrogens (primary N) is 1. The average molecular weight is 225 g/mol. The van der Waals surface area contributed by atoms with Crippen molar-refractivity contribution in [3.05, 3.63) is 42.5 Å². The van der Waals surface area contributed by atoms with Gasteiger partial charge in [0.15, 0.2) is 5.82 Å². The van der Waals surface area contributed by atoms with E-state index < -0.39 is 0 Å². The molecule has 3 aromatic rings. The maximum absolute atomic E-state index is 5.79. The van der Waals surface area contributed by atoms with Crippen LogP contribution in [-0.4, -0.2) is 19.7 Å². The smallest absolute Gasteiger partial charge is 0.157 e. The Hall–Kier alpha value is -2.43. The van der Waals surface area contributed by atoms with Crippen LogP contribution < -0.4 is 5.73 Å². The summed E-state index contributed by atoms with van der Waals surface area (Å²) in [5, 5.41) is 5.36. The molecule has 84 valence electrons. The Morgan fingerprint density at radius 2 is 2.12 bits per heavy atom. The van der Waals surface area contributed by atoms with Gasteiger partial charge in [-0.15, -0.1) is 0 Å². The van der Waals surface area contributed by atoms with Crippen molar-refractivity contribution < 1.29 is 0 Å². The van der Waals surface area contributed by atoms with Crippen LogP contribution in [0.1, 0.15) is 5.82 Å². The van der Waals surface area contributed by atoms with Gasteiger partial charge in [0.1, 0.15) is 5.82 Å². The number of hydrogen-bond acceptors (Lipinski definition) is 4. The Morgan fingerprint density at radius 1 is 1.24 bits per heavy atom. The predicted molar refractivity (Wildman–Crippen MR) is 65.8 cm³/mol. The molecule has 0 amide bonds. The number of fused-ring (bicyclic) bond motifs is 1. The third-order valence-electron chi connectivity index (χ3n) is 2.57. The molecule has 0 spiro atoms. The number of nitrogens with zero attached hydrogens (tertiary/aromatic N) is 4. The van der Waals surface area contributed by atoms with Crippen molar-refractivity contribution in [1.29, 1.82) is 0 Å². The van der Waals surface area contributed by atoms with Gasteiger partial charge >= 0.3 is 0 Å². The van der Waals surface area contributed by atoms with Crippen LogP contribution in [0.25, 0.3) is 16.7 Å². The minimum Gasteiger partial charge on any atom is -0.399 e. The van der Waals surface area contributed by atoms with Gasteiger partial charge in [0.2, 0.25) is 0 Å². The van der Waals surface area contributed by atoms with E-state index >= 15 is 0 Å². The molecule has 17 heavy (non-hydrogen) atoms. The Balaban J connectivity index is 2.27. The first-order valence-electron chi connectivity index (χ1n) is 5.27. The van der Waals surface area contributed by atoms with Gasteiger partial charge in [0, 0.05) is 23.3 Å². The van der Waals surface area contributed by atoms with Gasteiger partial charge in [-0.25, -0.2) is 14.6 Å². The van der Waals surface area contributed by atoms with Crippen LogP contribution in [0.4, 0.5) is 5.69 Å². The molecule has 5 nitrogen and oxygen atoms in total. The average Bonchev–Trinajstić information content (AvgIpc) is 2.71. The summed E-state index contributed by atoms with van der Waals surface area (Å²) in [5.74, 6) is 1.47. The van der Waals surface area contributed by atoms with Gasteiger partial charge in [0.05, 0.1) is 11.7 Å². The van der Waals surface area contributed by atoms with Gasteiger partial charge in [0.25, 0.3) is 0 Å². The van der Waals surface area contributed by atoms with Crippen molar-refractivity contribution >= 4 is 16.6 Å². The van der Waals surface area contributed by atoms with E-state index in [1.54, 1.807) is 17.1 Å². The predicted octanol–water partition coefficient (Wildman–Crippen LogP) is 1.71. The number of rotatable bonds is 1. The molecule has 0 aliphatic heterocycles. The summed E-state index contributed by atoms with van der Waals surface area (Å²) in [6.07, 6.45) is 3.52. The van der Waals surface area contributed by atoms with Crippen LogP contribution in [-0.2, 0) is 0 Å². The van der Waals surface area contributed by atoms with Crippen LogP contribution in [0, 0.1) is 6.92 Å². The molecule has 0 fully saturated rings. The lowest BCUT2D eigenvalue weighted by atomic mass is 10.2. The molecule has 0 radical (unpaired) electrons. The molecule has 2 N–H and O–H groups in total. The molecule has 0 atom stereocenters. The van der Waals surface area contributed by atoms with Crippen LogP contribution in [0.15, 0.2) is 36.7 Å². The fraction of sp³-hybridized carbons (Fsp3) is 0.0833. The molecular weight excluding hydrogens is 214 g/mol. The molecule has 0 saturated carbocycles. The van der Waals surface area contributed by atoms with Gasteiger partial charge in [-0.05, 0) is 25.1 Å². The molecule has 0 saturated heterocycles. The molecule has 2 heterocycles. The zero-order valence-electron chi connectivity index (χ0n) is 9.33. The Bertz CT molecular complexity index is 686. The first-order chi connectivity index (χ1) is 8.24. The topological polar surface area (TPSA) is 69.6 Å². The third kappa shape index (κ3) is 1.61. The maximum Gasteiger partial charge on any atom is 0.157 e. The molecular formula is C12H11N5. The third-order valence-corrected chi connectivity index (χ3v) is 2.57. The standard InChI is InChI=1S/C12H11N5/c1-8-14-5-4-12(16-8)17-11-6-10(13)3-2-9(11)7-15-17/h2-7H,13H2,1H3. The molecule has 5 heteroatoms. The number of anilines is 1. The van der Waals surface area contributed by atoms with Gasteiger partial charge < -0.3 is 5.73 Å². The first-order valence-corrected chi connectivity index (χ1v) is 5.27. The molecule has 0 aliphatic rings. The highest BCUT2D eigenvalue weighted by Crippen LogP contribution is 2.19. The van der Waals surface area contributed by atoms with Gasteiger partial charge in [-0.1, -0.05) is 0 Å². The van der Waals surface area contributed by atoms with Gasteiger partial charge in [-0.3, -0.25) is 0 Å². The fourth-order valence-corrected chi connectivity index (χ4v) is 1.78. The maximum atomic E-state index is 5.79. The lowest BCUT2D eigenvalue weighted by molar-refractivity contribution is 0.852. The second kappa shape index (κ2) is 3.55. The van der Waals surface area contributed by atoms with Gasteiger partial charge in [-0.2, -0.15) is 5.10 Å². The molecule has 2 aromatic heterocycles. The van der Waals surface area contributed by atoms with Crippen LogP contribution in [0.2, 0.25) is 0 Å². The summed E-state index contributed by atoms with van der Waals surface area (Å²) in [6, 6.07) is 7.52. The number of hydrogen-bond donors (Lipinski definition) is 1. The summed E-state index contributed by atoms with van der Waals surface area (Å²) in [4.78, 5) is 8.41. The lowest BCUT2D eigenvalue weighted by Crippen LogP contribution is -2.01. The summed E-state index contributed by atoms with van der Waals surface area (Å²) < 4.78 is 1.76. The van der Waals surface area contributed by atoms with Crippen molar-refractivity contribution in [2.75, 3.05) is 5.73 Å². The summed E-state index contributed by atoms with van der Waals surface area (Å²) in [5.41, 5.74) is 7.45. The number of nitrogen functional groups attached to an aromatic ring is 1. The zero-order chi connectivity index (χ0) is 11.8. The van der Waals surface area contributed by atoms with Crippen molar-refractivity contribution in [3.8, 4) is 5.82 Å². The Kier molecular flexibility index (Phi) is 2.04. The molecule has 0 aliphatic carbocycles. The molecule has 1 aromatic carbocycles. The highest BCUT2D eigenvalue weighted by molar-refractivity contribution is 5.83. The SMILES string of the molecule is Cc1nccc(-n2ncc3ccc(N)cc32)n1. The van der Waals surface area contributed by atoms with E-state index in [9.17, 15) is 0 Å².